The van der Waals surface area contributed by atoms with E-state index in [1.165, 1.54) is 43.2 Å². The van der Waals surface area contributed by atoms with Gasteiger partial charge < -0.3 is 15.1 Å². The Morgan fingerprint density at radius 1 is 1.10 bits per heavy atom. The number of aromatic nitrogens is 1. The molecule has 0 aliphatic heterocycles. The largest absolute Gasteiger partial charge is 0.444 e. The van der Waals surface area contributed by atoms with Crippen LogP contribution in [-0.4, -0.2) is 36.0 Å². The lowest BCUT2D eigenvalue weighted by atomic mass is 9.94. The number of nitrogens with zero attached hydrogens (tertiary/aromatic N) is 3. The molecule has 1 fully saturated rings. The number of nitrogens with one attached hydrogen (secondary N) is 2. The number of hydrogen-bond donors (Lipinski definition) is 2. The average Bonchev–Trinajstić information content (AvgIpc) is 3.07. The third-order valence-electron chi connectivity index (χ3n) is 5.89. The SMILES string of the molecule is CN=C(NCc1nc(C)c(C)o1)NCc1ccccc1CN(C)C1CCCCC1. The maximum atomic E-state index is 5.63. The predicted octanol–water partition coefficient (Wildman–Crippen LogP) is 3.92. The van der Waals surface area contributed by atoms with Crippen LogP contribution in [0, 0.1) is 13.8 Å². The van der Waals surface area contributed by atoms with Crippen molar-refractivity contribution in [1.29, 1.82) is 0 Å². The maximum Gasteiger partial charge on any atom is 0.214 e. The number of aryl methyl sites for hydroxylation is 2. The lowest BCUT2D eigenvalue weighted by Crippen LogP contribution is -2.37. The van der Waals surface area contributed by atoms with E-state index in [2.05, 4.69) is 56.8 Å². The zero-order valence-electron chi connectivity index (χ0n) is 18.3. The van der Waals surface area contributed by atoms with Crippen molar-refractivity contribution in [1.82, 2.24) is 20.5 Å². The first-order chi connectivity index (χ1) is 14.1. The molecule has 0 bridgehead atoms. The van der Waals surface area contributed by atoms with Crippen LogP contribution < -0.4 is 10.6 Å². The fourth-order valence-electron chi connectivity index (χ4n) is 3.98. The van der Waals surface area contributed by atoms with E-state index in [0.717, 1.165) is 30.5 Å². The van der Waals surface area contributed by atoms with Gasteiger partial charge in [0.05, 0.1) is 12.2 Å². The molecular weight excluding hydrogens is 362 g/mol. The summed E-state index contributed by atoms with van der Waals surface area (Å²) in [6, 6.07) is 9.39. The van der Waals surface area contributed by atoms with Gasteiger partial charge in [0.25, 0.3) is 0 Å². The lowest BCUT2D eigenvalue weighted by molar-refractivity contribution is 0.184. The summed E-state index contributed by atoms with van der Waals surface area (Å²) >= 11 is 0. The first-order valence-corrected chi connectivity index (χ1v) is 10.7. The molecule has 0 atom stereocenters. The van der Waals surface area contributed by atoms with Crippen LogP contribution in [0.15, 0.2) is 33.7 Å². The second kappa shape index (κ2) is 10.4. The lowest BCUT2D eigenvalue weighted by Gasteiger charge is -2.31. The molecule has 0 unspecified atom stereocenters. The summed E-state index contributed by atoms with van der Waals surface area (Å²) in [5.74, 6) is 2.28. The molecule has 0 radical (unpaired) electrons. The van der Waals surface area contributed by atoms with Gasteiger partial charge in [0, 0.05) is 26.2 Å². The van der Waals surface area contributed by atoms with Crippen molar-refractivity contribution < 1.29 is 4.42 Å². The quantitative estimate of drug-likeness (QED) is 0.548. The number of aliphatic imine (C=N–C) groups is 1. The Bertz CT molecular complexity index is 788. The zero-order chi connectivity index (χ0) is 20.6. The molecule has 1 saturated carbocycles. The minimum absolute atomic E-state index is 0.514. The van der Waals surface area contributed by atoms with Gasteiger partial charge in [-0.25, -0.2) is 4.98 Å². The predicted molar refractivity (Wildman–Crippen MR) is 118 cm³/mol. The van der Waals surface area contributed by atoms with Crippen LogP contribution in [0.3, 0.4) is 0 Å². The average molecular weight is 398 g/mol. The van der Waals surface area contributed by atoms with E-state index in [0.29, 0.717) is 18.5 Å². The van der Waals surface area contributed by atoms with Crippen molar-refractivity contribution in [2.75, 3.05) is 14.1 Å². The molecule has 6 heteroatoms. The van der Waals surface area contributed by atoms with E-state index < -0.39 is 0 Å². The molecule has 0 saturated heterocycles. The van der Waals surface area contributed by atoms with Crippen LogP contribution in [0.5, 0.6) is 0 Å². The molecule has 1 aliphatic rings. The van der Waals surface area contributed by atoms with Crippen LogP contribution >= 0.6 is 0 Å². The van der Waals surface area contributed by atoms with Crippen molar-refractivity contribution in [3.05, 3.63) is 52.7 Å². The van der Waals surface area contributed by atoms with E-state index in [1.807, 2.05) is 13.8 Å². The second-order valence-electron chi connectivity index (χ2n) is 8.00. The molecule has 29 heavy (non-hydrogen) atoms. The summed E-state index contributed by atoms with van der Waals surface area (Å²) in [5.41, 5.74) is 3.61. The Hall–Kier alpha value is -2.34. The Kier molecular flexibility index (Phi) is 7.69. The smallest absolute Gasteiger partial charge is 0.214 e. The number of benzene rings is 1. The molecule has 158 valence electrons. The monoisotopic (exact) mass is 397 g/mol. The summed E-state index contributed by atoms with van der Waals surface area (Å²) in [6.45, 7) is 6.12. The Morgan fingerprint density at radius 3 is 2.45 bits per heavy atom. The van der Waals surface area contributed by atoms with Gasteiger partial charge in [0.15, 0.2) is 5.96 Å². The number of hydrogen-bond acceptors (Lipinski definition) is 4. The summed E-state index contributed by atoms with van der Waals surface area (Å²) in [5, 5.41) is 6.70. The standard InChI is InChI=1S/C23H35N5O/c1-17-18(2)29-22(27-17)15-26-23(24-3)25-14-19-10-8-9-11-20(19)16-28(4)21-12-6-5-7-13-21/h8-11,21H,5-7,12-16H2,1-4H3,(H2,24,25,26). The highest BCUT2D eigenvalue weighted by atomic mass is 16.4. The second-order valence-corrected chi connectivity index (χ2v) is 8.00. The fraction of sp³-hybridized carbons (Fsp3) is 0.565. The molecule has 1 heterocycles. The minimum Gasteiger partial charge on any atom is -0.444 e. The Morgan fingerprint density at radius 2 is 1.79 bits per heavy atom. The van der Waals surface area contributed by atoms with E-state index >= 15 is 0 Å². The highest BCUT2D eigenvalue weighted by Crippen LogP contribution is 2.23. The van der Waals surface area contributed by atoms with Crippen LogP contribution in [0.4, 0.5) is 0 Å². The van der Waals surface area contributed by atoms with Crippen molar-refractivity contribution >= 4 is 5.96 Å². The molecule has 3 rings (SSSR count). The molecular formula is C23H35N5O. The molecule has 0 spiro atoms. The fourth-order valence-corrected chi connectivity index (χ4v) is 3.98. The van der Waals surface area contributed by atoms with Crippen molar-refractivity contribution in [3.63, 3.8) is 0 Å². The van der Waals surface area contributed by atoms with Gasteiger partial charge in [-0.1, -0.05) is 43.5 Å². The maximum absolute atomic E-state index is 5.63. The van der Waals surface area contributed by atoms with Crippen molar-refractivity contribution in [2.24, 2.45) is 4.99 Å². The highest BCUT2D eigenvalue weighted by Gasteiger charge is 2.18. The van der Waals surface area contributed by atoms with Gasteiger partial charge >= 0.3 is 0 Å². The summed E-state index contributed by atoms with van der Waals surface area (Å²) < 4.78 is 5.63. The minimum atomic E-state index is 0.514. The van der Waals surface area contributed by atoms with Crippen molar-refractivity contribution in [3.8, 4) is 0 Å². The molecule has 0 amide bonds. The van der Waals surface area contributed by atoms with Crippen molar-refractivity contribution in [2.45, 2.75) is 71.6 Å². The van der Waals surface area contributed by atoms with E-state index in [1.54, 1.807) is 7.05 Å². The van der Waals surface area contributed by atoms with Crippen LogP contribution in [0.1, 0.15) is 60.6 Å². The first kappa shape index (κ1) is 21.4. The van der Waals surface area contributed by atoms with Crippen LogP contribution in [0.25, 0.3) is 0 Å². The normalized spacial score (nSPS) is 15.7. The van der Waals surface area contributed by atoms with Crippen LogP contribution in [0.2, 0.25) is 0 Å². The summed E-state index contributed by atoms with van der Waals surface area (Å²) in [7, 11) is 4.05. The molecule has 1 aromatic heterocycles. The van der Waals surface area contributed by atoms with E-state index in [4.69, 9.17) is 4.42 Å². The van der Waals surface area contributed by atoms with Crippen LogP contribution in [-0.2, 0) is 19.6 Å². The van der Waals surface area contributed by atoms with E-state index in [9.17, 15) is 0 Å². The zero-order valence-corrected chi connectivity index (χ0v) is 18.3. The highest BCUT2D eigenvalue weighted by molar-refractivity contribution is 5.79. The molecule has 6 nitrogen and oxygen atoms in total. The summed E-state index contributed by atoms with van der Waals surface area (Å²) in [4.78, 5) is 11.3. The van der Waals surface area contributed by atoms with Gasteiger partial charge in [-0.3, -0.25) is 9.89 Å². The number of rotatable bonds is 7. The van der Waals surface area contributed by atoms with E-state index in [-0.39, 0.29) is 0 Å². The van der Waals surface area contributed by atoms with Gasteiger partial charge in [-0.05, 0) is 44.9 Å². The molecule has 1 aliphatic carbocycles. The Balaban J connectivity index is 1.55. The van der Waals surface area contributed by atoms with Gasteiger partial charge in [-0.2, -0.15) is 0 Å². The molecule has 1 aromatic carbocycles. The summed E-state index contributed by atoms with van der Waals surface area (Å²) in [6.07, 6.45) is 6.78. The Labute approximate surface area is 174 Å². The van der Waals surface area contributed by atoms with Gasteiger partial charge in [0.1, 0.15) is 5.76 Å². The molecule has 2 aromatic rings. The van der Waals surface area contributed by atoms with Gasteiger partial charge in [-0.15, -0.1) is 0 Å². The third kappa shape index (κ3) is 6.07. The topological polar surface area (TPSA) is 65.7 Å². The van der Waals surface area contributed by atoms with Gasteiger partial charge in [0.2, 0.25) is 5.89 Å². The molecule has 2 N–H and O–H groups in total. The number of oxazole rings is 1. The number of guanidine groups is 1. The third-order valence-corrected chi connectivity index (χ3v) is 5.89. The first-order valence-electron chi connectivity index (χ1n) is 10.7.